The summed E-state index contributed by atoms with van der Waals surface area (Å²) in [4.78, 5) is 22.0. The Hall–Kier alpha value is -4.18. The molecular weight excluding hydrogens is 492 g/mol. The second-order valence-corrected chi connectivity index (χ2v) is 9.88. The highest BCUT2D eigenvalue weighted by atomic mass is 19.1. The number of guanidine groups is 1. The lowest BCUT2D eigenvalue weighted by atomic mass is 9.83. The molecule has 2 aromatic heterocycles. The molecule has 0 spiro atoms. The van der Waals surface area contributed by atoms with E-state index in [1.807, 2.05) is 19.9 Å². The third kappa shape index (κ3) is 4.74. The molecule has 1 unspecified atom stereocenters. The summed E-state index contributed by atoms with van der Waals surface area (Å²) in [5.41, 5.74) is 8.07. The number of hydrogen-bond acceptors (Lipinski definition) is 6. The number of amides is 1. The molecule has 3 N–H and O–H groups in total. The van der Waals surface area contributed by atoms with E-state index in [1.165, 1.54) is 13.2 Å². The molecule has 38 heavy (non-hydrogen) atoms. The van der Waals surface area contributed by atoms with Crippen molar-refractivity contribution in [3.8, 4) is 22.6 Å². The van der Waals surface area contributed by atoms with Crippen LogP contribution >= 0.6 is 0 Å². The highest BCUT2D eigenvalue weighted by molar-refractivity contribution is 5.95. The zero-order valence-corrected chi connectivity index (χ0v) is 21.2. The maximum absolute atomic E-state index is 15.5. The average molecular weight is 520 g/mol. The van der Waals surface area contributed by atoms with Crippen LogP contribution in [0.1, 0.15) is 49.4 Å². The fourth-order valence-corrected chi connectivity index (χ4v) is 4.83. The fourth-order valence-electron chi connectivity index (χ4n) is 4.83. The third-order valence-corrected chi connectivity index (χ3v) is 6.81. The highest BCUT2D eigenvalue weighted by Gasteiger charge is 2.35. The van der Waals surface area contributed by atoms with Crippen LogP contribution in [-0.2, 0) is 9.53 Å². The summed E-state index contributed by atoms with van der Waals surface area (Å²) in [5, 5.41) is 7.67. The van der Waals surface area contributed by atoms with E-state index in [0.717, 1.165) is 10.5 Å². The lowest BCUT2D eigenvalue weighted by molar-refractivity contribution is -0.126. The molecule has 0 aliphatic carbocycles. The van der Waals surface area contributed by atoms with E-state index in [-0.39, 0.29) is 17.7 Å². The van der Waals surface area contributed by atoms with Crippen molar-refractivity contribution in [2.24, 2.45) is 5.73 Å². The largest absolute Gasteiger partial charge is 0.452 e. The van der Waals surface area contributed by atoms with Crippen molar-refractivity contribution in [2.45, 2.75) is 38.2 Å². The maximum atomic E-state index is 15.5. The van der Waals surface area contributed by atoms with Gasteiger partial charge in [-0.05, 0) is 67.8 Å². The molecule has 5 rings (SSSR count). The first-order valence-electron chi connectivity index (χ1n) is 12.1. The Labute approximate surface area is 218 Å². The van der Waals surface area contributed by atoms with Crippen molar-refractivity contribution >= 4 is 17.4 Å². The molecule has 196 valence electrons. The summed E-state index contributed by atoms with van der Waals surface area (Å²) in [6.45, 7) is 4.29. The van der Waals surface area contributed by atoms with Crippen molar-refractivity contribution in [1.82, 2.24) is 14.9 Å². The predicted molar refractivity (Wildman–Crippen MR) is 138 cm³/mol. The van der Waals surface area contributed by atoms with Crippen molar-refractivity contribution in [1.29, 1.82) is 5.41 Å². The van der Waals surface area contributed by atoms with E-state index in [2.05, 4.69) is 9.97 Å². The Kier molecular flexibility index (Phi) is 6.44. The number of rotatable bonds is 4. The average Bonchev–Trinajstić information content (AvgIpc) is 2.87. The summed E-state index contributed by atoms with van der Waals surface area (Å²) >= 11 is 0. The van der Waals surface area contributed by atoms with Crippen LogP contribution < -0.4 is 10.5 Å². The van der Waals surface area contributed by atoms with Crippen molar-refractivity contribution in [2.75, 3.05) is 13.7 Å². The summed E-state index contributed by atoms with van der Waals surface area (Å²) in [6.07, 6.45) is 3.69. The Bertz CT molecular complexity index is 1490. The minimum Gasteiger partial charge on any atom is -0.452 e. The van der Waals surface area contributed by atoms with Crippen LogP contribution in [0.2, 0.25) is 0 Å². The standard InChI is InChI=1S/C28H27F2N5O3/c1-28(2)14-16(8-10-37-28)21-12-20-18(13-23(36)35(3)27(31)32)19-11-15(17-5-4-9-33-25(17)29)6-7-22(19)38-24(20)26(30)34-21/h4-7,9,11-12,14,18H,8,10,13H2,1-3H3,(H3,31,32). The molecule has 2 aliphatic rings. The van der Waals surface area contributed by atoms with Gasteiger partial charge in [-0.1, -0.05) is 6.07 Å². The normalized spacial score (nSPS) is 17.5. The van der Waals surface area contributed by atoms with Crippen LogP contribution in [0.15, 0.2) is 48.7 Å². The number of benzene rings is 1. The quantitative estimate of drug-likeness (QED) is 0.285. The highest BCUT2D eigenvalue weighted by Crippen LogP contribution is 2.48. The monoisotopic (exact) mass is 519 g/mol. The second kappa shape index (κ2) is 9.60. The Morgan fingerprint density at radius 2 is 2.00 bits per heavy atom. The van der Waals surface area contributed by atoms with Gasteiger partial charge >= 0.3 is 0 Å². The van der Waals surface area contributed by atoms with Crippen LogP contribution in [0, 0.1) is 17.3 Å². The van der Waals surface area contributed by atoms with Gasteiger partial charge in [-0.25, -0.2) is 9.97 Å². The first-order chi connectivity index (χ1) is 18.0. The van der Waals surface area contributed by atoms with Crippen LogP contribution in [0.4, 0.5) is 8.78 Å². The molecule has 2 aliphatic heterocycles. The molecule has 0 saturated carbocycles. The van der Waals surface area contributed by atoms with Gasteiger partial charge < -0.3 is 15.2 Å². The molecule has 0 saturated heterocycles. The molecule has 4 heterocycles. The van der Waals surface area contributed by atoms with Crippen LogP contribution in [0.3, 0.4) is 0 Å². The number of nitrogens with one attached hydrogen (secondary N) is 1. The number of carbonyl (C=O) groups is 1. The lowest BCUT2D eigenvalue weighted by Gasteiger charge is -2.31. The molecule has 1 aromatic carbocycles. The SMILES string of the molecule is CN(C(=N)N)C(=O)CC1c2cc(-c3cccnc3F)ccc2Oc2c1cc(C1=CC(C)(C)OCC1)nc2F. The number of ether oxygens (including phenoxy) is 2. The fraction of sp³-hybridized carbons (Fsp3) is 0.286. The third-order valence-electron chi connectivity index (χ3n) is 6.81. The van der Waals surface area contributed by atoms with Crippen molar-refractivity contribution < 1.29 is 23.0 Å². The summed E-state index contributed by atoms with van der Waals surface area (Å²) in [5.74, 6) is -2.71. The van der Waals surface area contributed by atoms with E-state index in [9.17, 15) is 9.18 Å². The zero-order chi connectivity index (χ0) is 27.2. The van der Waals surface area contributed by atoms with E-state index in [4.69, 9.17) is 20.6 Å². The molecule has 0 radical (unpaired) electrons. The smallest absolute Gasteiger partial charge is 0.256 e. The van der Waals surface area contributed by atoms with Crippen molar-refractivity contribution in [3.05, 3.63) is 77.4 Å². The van der Waals surface area contributed by atoms with Gasteiger partial charge in [0.25, 0.3) is 5.95 Å². The van der Waals surface area contributed by atoms with Gasteiger partial charge in [0, 0.05) is 42.3 Å². The van der Waals surface area contributed by atoms with Gasteiger partial charge in [-0.2, -0.15) is 8.78 Å². The minimum absolute atomic E-state index is 0.0724. The first kappa shape index (κ1) is 25.5. The first-order valence-corrected chi connectivity index (χ1v) is 12.1. The van der Waals surface area contributed by atoms with Gasteiger partial charge in [-0.15, -0.1) is 0 Å². The Morgan fingerprint density at radius 1 is 1.21 bits per heavy atom. The molecule has 8 nitrogen and oxygen atoms in total. The number of pyridine rings is 2. The van der Waals surface area contributed by atoms with Gasteiger partial charge in [0.1, 0.15) is 5.75 Å². The summed E-state index contributed by atoms with van der Waals surface area (Å²) in [6, 6.07) is 9.95. The van der Waals surface area contributed by atoms with Crippen LogP contribution in [-0.4, -0.2) is 46.0 Å². The van der Waals surface area contributed by atoms with Gasteiger partial charge in [0.2, 0.25) is 11.9 Å². The molecule has 10 heteroatoms. The van der Waals surface area contributed by atoms with E-state index < -0.39 is 35.3 Å². The maximum Gasteiger partial charge on any atom is 0.256 e. The number of hydrogen-bond donors (Lipinski definition) is 2. The molecular formula is C28H27F2N5O3. The number of fused-ring (bicyclic) bond motifs is 2. The summed E-state index contributed by atoms with van der Waals surface area (Å²) < 4.78 is 41.7. The van der Waals surface area contributed by atoms with E-state index >= 15 is 4.39 Å². The predicted octanol–water partition coefficient (Wildman–Crippen LogP) is 4.98. The van der Waals surface area contributed by atoms with E-state index in [1.54, 1.807) is 36.4 Å². The summed E-state index contributed by atoms with van der Waals surface area (Å²) in [7, 11) is 1.40. The Morgan fingerprint density at radius 3 is 2.71 bits per heavy atom. The van der Waals surface area contributed by atoms with Crippen LogP contribution in [0.5, 0.6) is 11.5 Å². The molecule has 1 atom stereocenters. The van der Waals surface area contributed by atoms with E-state index in [0.29, 0.717) is 41.2 Å². The number of nitrogens with two attached hydrogens (primary N) is 1. The van der Waals surface area contributed by atoms with Crippen LogP contribution in [0.25, 0.3) is 16.7 Å². The Balaban J connectivity index is 1.66. The minimum atomic E-state index is -0.798. The van der Waals surface area contributed by atoms with Gasteiger partial charge in [0.05, 0.1) is 17.9 Å². The number of halogens is 2. The number of nitrogens with zero attached hydrogens (tertiary/aromatic N) is 3. The molecule has 3 aromatic rings. The molecule has 0 fully saturated rings. The van der Waals surface area contributed by atoms with Crippen molar-refractivity contribution in [3.63, 3.8) is 0 Å². The van der Waals surface area contributed by atoms with Gasteiger partial charge in [0.15, 0.2) is 11.7 Å². The number of aromatic nitrogens is 2. The second-order valence-electron chi connectivity index (χ2n) is 9.88. The van der Waals surface area contributed by atoms with Gasteiger partial charge in [-0.3, -0.25) is 15.1 Å². The topological polar surface area (TPSA) is 114 Å². The lowest BCUT2D eigenvalue weighted by Crippen LogP contribution is -2.38. The zero-order valence-electron chi connectivity index (χ0n) is 21.2. The number of carbonyl (C=O) groups excluding carboxylic acids is 1. The molecule has 0 bridgehead atoms. The molecule has 1 amide bonds.